The van der Waals surface area contributed by atoms with E-state index < -0.39 is 0 Å². The van der Waals surface area contributed by atoms with E-state index in [-0.39, 0.29) is 17.4 Å². The van der Waals surface area contributed by atoms with Crippen molar-refractivity contribution >= 4 is 5.97 Å². The number of carbonyl (C=O) groups excluding carboxylic acids is 1. The number of rotatable bonds is 4. The number of likely N-dealkylation sites (tertiary alicyclic amines) is 1. The van der Waals surface area contributed by atoms with Gasteiger partial charge >= 0.3 is 5.97 Å². The number of ether oxygens (including phenoxy) is 1. The first-order valence-electron chi connectivity index (χ1n) is 7.54. The average molecular weight is 295 g/mol. The van der Waals surface area contributed by atoms with Crippen molar-refractivity contribution in [3.63, 3.8) is 0 Å². The van der Waals surface area contributed by atoms with Gasteiger partial charge in [-0.15, -0.1) is 0 Å². The Morgan fingerprint density at radius 1 is 1.43 bits per heavy atom. The van der Waals surface area contributed by atoms with Crippen LogP contribution in [0.2, 0.25) is 0 Å². The van der Waals surface area contributed by atoms with Crippen molar-refractivity contribution in [2.75, 3.05) is 13.7 Å². The Morgan fingerprint density at radius 3 is 2.81 bits per heavy atom. The van der Waals surface area contributed by atoms with Gasteiger partial charge in [-0.2, -0.15) is 4.98 Å². The maximum atomic E-state index is 11.5. The summed E-state index contributed by atoms with van der Waals surface area (Å²) < 4.78 is 10.1. The van der Waals surface area contributed by atoms with Gasteiger partial charge in [0.05, 0.1) is 20.1 Å². The molecule has 0 amide bonds. The van der Waals surface area contributed by atoms with Crippen molar-refractivity contribution < 1.29 is 14.1 Å². The molecule has 1 aliphatic rings. The average Bonchev–Trinajstić information content (AvgIpc) is 2.89. The molecule has 0 saturated carbocycles. The highest BCUT2D eigenvalue weighted by atomic mass is 16.5. The van der Waals surface area contributed by atoms with Crippen LogP contribution in [0.5, 0.6) is 0 Å². The van der Waals surface area contributed by atoms with Gasteiger partial charge in [0.2, 0.25) is 5.89 Å². The molecule has 2 rings (SSSR count). The second kappa shape index (κ2) is 6.56. The molecule has 0 aliphatic carbocycles. The lowest BCUT2D eigenvalue weighted by molar-refractivity contribution is -0.142. The summed E-state index contributed by atoms with van der Waals surface area (Å²) in [5.74, 6) is 1.18. The zero-order valence-electron chi connectivity index (χ0n) is 13.4. The van der Waals surface area contributed by atoms with Gasteiger partial charge in [-0.25, -0.2) is 0 Å². The van der Waals surface area contributed by atoms with Crippen LogP contribution in [-0.4, -0.2) is 40.7 Å². The highest BCUT2D eigenvalue weighted by molar-refractivity contribution is 5.69. The van der Waals surface area contributed by atoms with Crippen LogP contribution < -0.4 is 0 Å². The minimum absolute atomic E-state index is 0.116. The molecule has 6 nitrogen and oxygen atoms in total. The van der Waals surface area contributed by atoms with Gasteiger partial charge in [0.25, 0.3) is 0 Å². The molecule has 0 radical (unpaired) electrons. The third-order valence-electron chi connectivity index (χ3n) is 3.86. The molecule has 0 bridgehead atoms. The zero-order valence-corrected chi connectivity index (χ0v) is 13.4. The third kappa shape index (κ3) is 4.27. The minimum Gasteiger partial charge on any atom is -0.469 e. The molecular weight excluding hydrogens is 270 g/mol. The van der Waals surface area contributed by atoms with E-state index in [1.54, 1.807) is 0 Å². The third-order valence-corrected chi connectivity index (χ3v) is 3.86. The van der Waals surface area contributed by atoms with Crippen LogP contribution in [0.4, 0.5) is 0 Å². The van der Waals surface area contributed by atoms with Crippen molar-refractivity contribution in [2.45, 2.75) is 64.5 Å². The quantitative estimate of drug-likeness (QED) is 0.794. The number of carbonyl (C=O) groups is 1. The van der Waals surface area contributed by atoms with Crippen LogP contribution in [0.3, 0.4) is 0 Å². The largest absolute Gasteiger partial charge is 0.469 e. The first-order valence-corrected chi connectivity index (χ1v) is 7.54. The second-order valence-corrected chi connectivity index (χ2v) is 6.66. The summed E-state index contributed by atoms with van der Waals surface area (Å²) in [5, 5.41) is 4.05. The van der Waals surface area contributed by atoms with Gasteiger partial charge in [0.1, 0.15) is 0 Å². The van der Waals surface area contributed by atoms with Crippen LogP contribution >= 0.6 is 0 Å². The Balaban J connectivity index is 2.02. The molecule has 1 atom stereocenters. The summed E-state index contributed by atoms with van der Waals surface area (Å²) in [7, 11) is 1.43. The van der Waals surface area contributed by atoms with E-state index in [2.05, 4.69) is 35.8 Å². The summed E-state index contributed by atoms with van der Waals surface area (Å²) in [5.41, 5.74) is -0.116. The Morgan fingerprint density at radius 2 is 2.19 bits per heavy atom. The molecule has 2 heterocycles. The molecule has 118 valence electrons. The Labute approximate surface area is 125 Å². The number of methoxy groups -OCH3 is 1. The monoisotopic (exact) mass is 295 g/mol. The number of hydrogen-bond acceptors (Lipinski definition) is 6. The van der Waals surface area contributed by atoms with Gasteiger partial charge in [0.15, 0.2) is 5.82 Å². The second-order valence-electron chi connectivity index (χ2n) is 6.66. The van der Waals surface area contributed by atoms with E-state index in [9.17, 15) is 4.79 Å². The van der Waals surface area contributed by atoms with Gasteiger partial charge in [-0.1, -0.05) is 32.3 Å². The molecule has 0 aromatic carbocycles. The normalized spacial score (nSPS) is 20.5. The van der Waals surface area contributed by atoms with E-state index in [4.69, 9.17) is 9.26 Å². The minimum atomic E-state index is -0.159. The maximum absolute atomic E-state index is 11.5. The summed E-state index contributed by atoms with van der Waals surface area (Å²) >= 11 is 0. The molecule has 1 fully saturated rings. The molecule has 1 aromatic heterocycles. The van der Waals surface area contributed by atoms with Crippen molar-refractivity contribution in [1.82, 2.24) is 15.0 Å². The molecule has 1 aliphatic heterocycles. The van der Waals surface area contributed by atoms with Crippen molar-refractivity contribution in [3.05, 3.63) is 11.7 Å². The Hall–Kier alpha value is -1.43. The predicted molar refractivity (Wildman–Crippen MR) is 77.7 cm³/mol. The van der Waals surface area contributed by atoms with Gasteiger partial charge in [-0.3, -0.25) is 9.69 Å². The highest BCUT2D eigenvalue weighted by Crippen LogP contribution is 2.23. The summed E-state index contributed by atoms with van der Waals surface area (Å²) in [4.78, 5) is 18.2. The van der Waals surface area contributed by atoms with Gasteiger partial charge < -0.3 is 9.26 Å². The van der Waals surface area contributed by atoms with Crippen LogP contribution in [0.25, 0.3) is 0 Å². The fourth-order valence-corrected chi connectivity index (χ4v) is 2.57. The van der Waals surface area contributed by atoms with E-state index in [1.165, 1.54) is 7.11 Å². The fourth-order valence-electron chi connectivity index (χ4n) is 2.57. The topological polar surface area (TPSA) is 68.5 Å². The summed E-state index contributed by atoms with van der Waals surface area (Å²) in [6, 6.07) is 0.205. The lowest BCUT2D eigenvalue weighted by Crippen LogP contribution is -2.40. The van der Waals surface area contributed by atoms with Gasteiger partial charge in [0, 0.05) is 11.5 Å². The van der Waals surface area contributed by atoms with E-state index >= 15 is 0 Å². The molecule has 0 N–H and O–H groups in total. The van der Waals surface area contributed by atoms with Crippen LogP contribution in [0.15, 0.2) is 4.52 Å². The smallest absolute Gasteiger partial charge is 0.307 e. The number of nitrogens with zero attached hydrogens (tertiary/aromatic N) is 3. The molecule has 0 spiro atoms. The number of hydrogen-bond donors (Lipinski definition) is 0. The molecule has 6 heteroatoms. The summed E-state index contributed by atoms with van der Waals surface area (Å²) in [6.07, 6.45) is 3.72. The number of piperidine rings is 1. The predicted octanol–water partition coefficient (Wildman–Crippen LogP) is 2.28. The molecule has 1 saturated heterocycles. The van der Waals surface area contributed by atoms with Crippen molar-refractivity contribution in [1.29, 1.82) is 0 Å². The van der Waals surface area contributed by atoms with E-state index in [0.29, 0.717) is 18.9 Å². The maximum Gasteiger partial charge on any atom is 0.307 e. The lowest BCUT2D eigenvalue weighted by Gasteiger charge is -2.33. The fraction of sp³-hybridized carbons (Fsp3) is 0.800. The van der Waals surface area contributed by atoms with Crippen molar-refractivity contribution in [3.8, 4) is 0 Å². The molecular formula is C15H25N3O3. The Bertz CT molecular complexity index is 479. The first-order chi connectivity index (χ1) is 9.90. The molecule has 1 aromatic rings. The Kier molecular flexibility index (Phi) is 4.98. The van der Waals surface area contributed by atoms with Crippen LogP contribution in [0, 0.1) is 0 Å². The SMILES string of the molecule is COC(=O)CC1CCCCN1Cc1nc(C(C)(C)C)no1. The van der Waals surface area contributed by atoms with Gasteiger partial charge in [-0.05, 0) is 19.4 Å². The number of esters is 1. The zero-order chi connectivity index (χ0) is 15.5. The standard InChI is InChI=1S/C15H25N3O3/c1-15(2,3)14-16-12(21-17-14)10-18-8-6-5-7-11(18)9-13(19)20-4/h11H,5-10H2,1-4H3. The number of aromatic nitrogens is 2. The van der Waals surface area contributed by atoms with Crippen molar-refractivity contribution in [2.24, 2.45) is 0 Å². The molecule has 21 heavy (non-hydrogen) atoms. The van der Waals surface area contributed by atoms with Crippen LogP contribution in [-0.2, 0) is 21.5 Å². The lowest BCUT2D eigenvalue weighted by atomic mass is 9.96. The summed E-state index contributed by atoms with van der Waals surface area (Å²) in [6.45, 7) is 7.73. The highest BCUT2D eigenvalue weighted by Gasteiger charge is 2.28. The van der Waals surface area contributed by atoms with Crippen LogP contribution in [0.1, 0.15) is 58.2 Å². The first kappa shape index (κ1) is 15.9. The van der Waals surface area contributed by atoms with E-state index in [1.807, 2.05) is 0 Å². The van der Waals surface area contributed by atoms with E-state index in [0.717, 1.165) is 31.6 Å². The molecule has 1 unspecified atom stereocenters.